The SMILES string of the molecule is CCCCCCCCCCCCCCCCn1c2ccc(C(F)(F)F)cc2c(=O)c2cc3c(cc21)c(=O)c1cc(C(F)(F)F)ccc1n3CCCCCCCCCCCCCCCC. The fourth-order valence-corrected chi connectivity index (χ4v) is 9.61. The number of hydrogen-bond donors (Lipinski definition) is 0. The zero-order chi connectivity index (χ0) is 46.0. The normalized spacial score (nSPS) is 12.5. The van der Waals surface area contributed by atoms with Crippen LogP contribution in [0.1, 0.15) is 205 Å². The van der Waals surface area contributed by atoms with Gasteiger partial charge in [0.1, 0.15) is 0 Å². The molecule has 64 heavy (non-hydrogen) atoms. The molecule has 4 nitrogen and oxygen atoms in total. The molecule has 0 saturated heterocycles. The summed E-state index contributed by atoms with van der Waals surface area (Å²) in [5, 5.41) is 0.266. The molecule has 0 aliphatic rings. The molecule has 0 aliphatic carbocycles. The van der Waals surface area contributed by atoms with Crippen molar-refractivity contribution < 1.29 is 26.3 Å². The van der Waals surface area contributed by atoms with Crippen LogP contribution in [0.4, 0.5) is 26.3 Å². The number of aromatic nitrogens is 2. The first-order chi connectivity index (χ1) is 30.9. The molecule has 354 valence electrons. The van der Waals surface area contributed by atoms with Gasteiger partial charge >= 0.3 is 12.4 Å². The third kappa shape index (κ3) is 14.6. The van der Waals surface area contributed by atoms with Gasteiger partial charge < -0.3 is 9.13 Å². The average molecular weight is 897 g/mol. The van der Waals surface area contributed by atoms with Crippen LogP contribution in [0.15, 0.2) is 58.1 Å². The number of pyridine rings is 2. The summed E-state index contributed by atoms with van der Waals surface area (Å²) in [6.45, 7) is 5.27. The molecule has 0 amide bonds. The van der Waals surface area contributed by atoms with Gasteiger partial charge in [-0.05, 0) is 61.4 Å². The Morgan fingerprint density at radius 3 is 0.859 bits per heavy atom. The van der Waals surface area contributed by atoms with E-state index in [1.54, 1.807) is 12.1 Å². The highest BCUT2D eigenvalue weighted by molar-refractivity contribution is 6.04. The Labute approximate surface area is 377 Å². The summed E-state index contributed by atoms with van der Waals surface area (Å²) in [6, 6.07) is 9.65. The second-order valence-electron chi connectivity index (χ2n) is 18.5. The van der Waals surface area contributed by atoms with Crippen molar-refractivity contribution in [3.8, 4) is 0 Å². The van der Waals surface area contributed by atoms with Gasteiger partial charge in [-0.25, -0.2) is 0 Å². The summed E-state index contributed by atoms with van der Waals surface area (Å²) in [7, 11) is 0. The Morgan fingerprint density at radius 1 is 0.344 bits per heavy atom. The zero-order valence-corrected chi connectivity index (χ0v) is 38.8. The van der Waals surface area contributed by atoms with Gasteiger partial charge in [0.15, 0.2) is 10.9 Å². The maximum Gasteiger partial charge on any atom is 0.416 e. The second kappa shape index (κ2) is 25.8. The Kier molecular flexibility index (Phi) is 20.6. The fourth-order valence-electron chi connectivity index (χ4n) is 9.61. The number of hydrogen-bond acceptors (Lipinski definition) is 2. The van der Waals surface area contributed by atoms with E-state index in [2.05, 4.69) is 13.8 Å². The Hall–Kier alpha value is -3.82. The van der Waals surface area contributed by atoms with Crippen molar-refractivity contribution in [1.82, 2.24) is 9.13 Å². The minimum absolute atomic E-state index is 0.0523. The van der Waals surface area contributed by atoms with Crippen LogP contribution in [0.5, 0.6) is 0 Å². The number of nitrogens with zero attached hydrogens (tertiary/aromatic N) is 2. The monoisotopic (exact) mass is 897 g/mol. The first kappa shape index (κ1) is 51.2. The Balaban J connectivity index is 1.37. The molecular weight excluding hydrogens is 823 g/mol. The molecule has 10 heteroatoms. The second-order valence-corrected chi connectivity index (χ2v) is 18.5. The molecule has 0 unspecified atom stereocenters. The molecule has 0 radical (unpaired) electrons. The molecule has 3 aromatic carbocycles. The lowest BCUT2D eigenvalue weighted by Crippen LogP contribution is -2.17. The molecule has 5 aromatic rings. The third-order valence-corrected chi connectivity index (χ3v) is 13.4. The maximum absolute atomic E-state index is 14.3. The summed E-state index contributed by atoms with van der Waals surface area (Å²) in [5.74, 6) is 0. The number of rotatable bonds is 30. The molecule has 5 rings (SSSR count). The third-order valence-electron chi connectivity index (χ3n) is 13.4. The van der Waals surface area contributed by atoms with Gasteiger partial charge in [-0.1, -0.05) is 181 Å². The van der Waals surface area contributed by atoms with E-state index >= 15 is 0 Å². The van der Waals surface area contributed by atoms with Gasteiger partial charge in [0.05, 0.1) is 33.2 Å². The average Bonchev–Trinajstić information content (AvgIpc) is 3.27. The first-order valence-electron chi connectivity index (χ1n) is 25.1. The van der Waals surface area contributed by atoms with Crippen LogP contribution in [-0.2, 0) is 25.4 Å². The van der Waals surface area contributed by atoms with Crippen molar-refractivity contribution in [2.24, 2.45) is 0 Å². The van der Waals surface area contributed by atoms with E-state index < -0.39 is 34.3 Å². The fraction of sp³-hybridized carbons (Fsp3) is 0.630. The minimum Gasteiger partial charge on any atom is -0.340 e. The van der Waals surface area contributed by atoms with Gasteiger partial charge in [-0.15, -0.1) is 0 Å². The number of halogens is 6. The molecule has 2 heterocycles. The molecular formula is C54H74F6N2O2. The quantitative estimate of drug-likeness (QED) is 0.0262. The minimum atomic E-state index is -4.65. The highest BCUT2D eigenvalue weighted by Gasteiger charge is 2.32. The van der Waals surface area contributed by atoms with Gasteiger partial charge in [-0.2, -0.15) is 26.3 Å². The molecule has 0 atom stereocenters. The van der Waals surface area contributed by atoms with Crippen LogP contribution in [0.2, 0.25) is 0 Å². The molecule has 2 aromatic heterocycles. The van der Waals surface area contributed by atoms with Gasteiger partial charge in [0.2, 0.25) is 0 Å². The standard InChI is InChI=1S/C54H74F6N2O2/c1-3-5-7-9-11-13-15-17-19-21-23-25-27-29-35-61-47-33-31-41(53(55,56)57)37-43(47)51(63)45-40-50-46(39-49(45)61)52(64)44-38-42(54(58,59)60)32-34-48(44)62(50)36-30-28-26-24-22-20-18-16-14-12-10-8-6-4-2/h31-34,37-40H,3-30,35-36H2,1-2H3. The van der Waals surface area contributed by atoms with Crippen molar-refractivity contribution in [2.45, 2.75) is 219 Å². The molecule has 0 aliphatic heterocycles. The summed E-state index contributed by atoms with van der Waals surface area (Å²) in [4.78, 5) is 28.6. The summed E-state index contributed by atoms with van der Waals surface area (Å²) < 4.78 is 87.8. The number of alkyl halides is 6. The largest absolute Gasteiger partial charge is 0.416 e. The van der Waals surface area contributed by atoms with E-state index in [0.29, 0.717) is 48.0 Å². The van der Waals surface area contributed by atoms with Crippen molar-refractivity contribution in [1.29, 1.82) is 0 Å². The Morgan fingerprint density at radius 2 is 0.594 bits per heavy atom. The van der Waals surface area contributed by atoms with Crippen LogP contribution in [-0.4, -0.2) is 9.13 Å². The lowest BCUT2D eigenvalue weighted by Gasteiger charge is -2.20. The summed E-state index contributed by atoms with van der Waals surface area (Å²) in [6.07, 6.45) is 23.5. The number of unbranched alkanes of at least 4 members (excludes halogenated alkanes) is 26. The molecule has 0 fully saturated rings. The van der Waals surface area contributed by atoms with Gasteiger partial charge in [-0.3, -0.25) is 9.59 Å². The van der Waals surface area contributed by atoms with Crippen molar-refractivity contribution in [2.75, 3.05) is 0 Å². The van der Waals surface area contributed by atoms with E-state index in [1.807, 2.05) is 9.13 Å². The van der Waals surface area contributed by atoms with Gasteiger partial charge in [0.25, 0.3) is 0 Å². The van der Waals surface area contributed by atoms with Crippen molar-refractivity contribution >= 4 is 43.6 Å². The first-order valence-corrected chi connectivity index (χ1v) is 25.1. The summed E-state index contributed by atoms with van der Waals surface area (Å²) in [5.41, 5.74) is -1.51. The number of benzene rings is 3. The number of aryl methyl sites for hydroxylation is 2. The smallest absolute Gasteiger partial charge is 0.340 e. The van der Waals surface area contributed by atoms with Crippen LogP contribution < -0.4 is 10.9 Å². The van der Waals surface area contributed by atoms with E-state index in [0.717, 1.165) is 75.6 Å². The lowest BCUT2D eigenvalue weighted by molar-refractivity contribution is -0.138. The van der Waals surface area contributed by atoms with Crippen LogP contribution >= 0.6 is 0 Å². The van der Waals surface area contributed by atoms with E-state index in [-0.39, 0.29) is 21.5 Å². The van der Waals surface area contributed by atoms with Crippen LogP contribution in [0, 0.1) is 0 Å². The van der Waals surface area contributed by atoms with E-state index in [9.17, 15) is 35.9 Å². The summed E-state index contributed by atoms with van der Waals surface area (Å²) >= 11 is 0. The molecule has 0 N–H and O–H groups in total. The van der Waals surface area contributed by atoms with Crippen LogP contribution in [0.3, 0.4) is 0 Å². The lowest BCUT2D eigenvalue weighted by atomic mass is 10.0. The molecule has 0 spiro atoms. The number of fused-ring (bicyclic) bond motifs is 4. The van der Waals surface area contributed by atoms with Crippen LogP contribution in [0.25, 0.3) is 43.6 Å². The highest BCUT2D eigenvalue weighted by Crippen LogP contribution is 2.35. The van der Waals surface area contributed by atoms with Crippen molar-refractivity contribution in [3.05, 3.63) is 80.1 Å². The van der Waals surface area contributed by atoms with Gasteiger partial charge in [0, 0.05) is 34.6 Å². The van der Waals surface area contributed by atoms with Crippen molar-refractivity contribution in [3.63, 3.8) is 0 Å². The maximum atomic E-state index is 14.3. The predicted octanol–water partition coefficient (Wildman–Crippen LogP) is 17.6. The zero-order valence-electron chi connectivity index (χ0n) is 38.8. The van der Waals surface area contributed by atoms with E-state index in [4.69, 9.17) is 0 Å². The molecule has 0 saturated carbocycles. The predicted molar refractivity (Wildman–Crippen MR) is 256 cm³/mol. The highest BCUT2D eigenvalue weighted by atomic mass is 19.4. The topological polar surface area (TPSA) is 44.0 Å². The Bertz CT molecular complexity index is 2160. The molecule has 0 bridgehead atoms. The van der Waals surface area contributed by atoms with E-state index in [1.165, 1.54) is 128 Å².